The minimum atomic E-state index is -1.03. The number of hydrogen-bond acceptors (Lipinski definition) is 4. The van der Waals surface area contributed by atoms with Crippen LogP contribution in [0.1, 0.15) is 31.3 Å². The van der Waals surface area contributed by atoms with Gasteiger partial charge in [0.2, 0.25) is 0 Å². The summed E-state index contributed by atoms with van der Waals surface area (Å²) >= 11 is 0. The molecule has 0 atom stereocenters. The Morgan fingerprint density at radius 3 is 2.56 bits per heavy atom. The first-order valence-electron chi connectivity index (χ1n) is 5.56. The van der Waals surface area contributed by atoms with Crippen molar-refractivity contribution in [2.75, 3.05) is 13.6 Å². The summed E-state index contributed by atoms with van der Waals surface area (Å²) in [6, 6.07) is 0. The maximum Gasteiger partial charge on any atom is 0.325 e. The highest BCUT2D eigenvalue weighted by Gasteiger charge is 2.21. The molecule has 0 bridgehead atoms. The van der Waals surface area contributed by atoms with Crippen LogP contribution in [0.15, 0.2) is 6.20 Å². The summed E-state index contributed by atoms with van der Waals surface area (Å²) in [5.74, 6) is -1.29. The van der Waals surface area contributed by atoms with Crippen molar-refractivity contribution >= 4 is 11.9 Å². The first kappa shape index (κ1) is 14.1. The van der Waals surface area contributed by atoms with Crippen LogP contribution in [0.5, 0.6) is 0 Å². The van der Waals surface area contributed by atoms with Crippen molar-refractivity contribution in [3.8, 4) is 0 Å². The SMILES string of the molecule is CN(CC(C)(C)C)C(=O)c1cn(CC(=O)O)nn1. The van der Waals surface area contributed by atoms with E-state index >= 15 is 0 Å². The summed E-state index contributed by atoms with van der Waals surface area (Å²) in [6.45, 7) is 6.36. The Morgan fingerprint density at radius 1 is 1.44 bits per heavy atom. The van der Waals surface area contributed by atoms with Gasteiger partial charge in [0, 0.05) is 13.6 Å². The van der Waals surface area contributed by atoms with Gasteiger partial charge in [-0.25, -0.2) is 4.68 Å². The molecule has 7 nitrogen and oxygen atoms in total. The molecule has 100 valence electrons. The number of carboxylic acid groups (broad SMARTS) is 1. The first-order chi connectivity index (χ1) is 8.19. The summed E-state index contributed by atoms with van der Waals surface area (Å²) in [5, 5.41) is 15.9. The number of rotatable bonds is 4. The summed E-state index contributed by atoms with van der Waals surface area (Å²) in [5.41, 5.74) is 0.143. The van der Waals surface area contributed by atoms with Crippen LogP contribution in [0.4, 0.5) is 0 Å². The molecule has 0 saturated heterocycles. The van der Waals surface area contributed by atoms with E-state index in [1.54, 1.807) is 11.9 Å². The van der Waals surface area contributed by atoms with E-state index in [-0.39, 0.29) is 23.6 Å². The van der Waals surface area contributed by atoms with E-state index in [1.807, 2.05) is 20.8 Å². The van der Waals surface area contributed by atoms with Crippen molar-refractivity contribution in [2.24, 2.45) is 5.41 Å². The van der Waals surface area contributed by atoms with Crippen molar-refractivity contribution in [1.29, 1.82) is 0 Å². The van der Waals surface area contributed by atoms with E-state index in [2.05, 4.69) is 10.3 Å². The summed E-state index contributed by atoms with van der Waals surface area (Å²) in [4.78, 5) is 24.0. The monoisotopic (exact) mass is 254 g/mol. The number of carbonyl (C=O) groups is 2. The van der Waals surface area contributed by atoms with Gasteiger partial charge >= 0.3 is 5.97 Å². The Labute approximate surface area is 105 Å². The highest BCUT2D eigenvalue weighted by atomic mass is 16.4. The van der Waals surface area contributed by atoms with E-state index in [9.17, 15) is 9.59 Å². The van der Waals surface area contributed by atoms with Gasteiger partial charge in [-0.1, -0.05) is 26.0 Å². The fourth-order valence-electron chi connectivity index (χ4n) is 1.59. The van der Waals surface area contributed by atoms with Crippen LogP contribution in [0.3, 0.4) is 0 Å². The molecule has 0 aromatic carbocycles. The van der Waals surface area contributed by atoms with Crippen molar-refractivity contribution in [3.63, 3.8) is 0 Å². The zero-order valence-electron chi connectivity index (χ0n) is 11.0. The van der Waals surface area contributed by atoms with Gasteiger partial charge in [0.1, 0.15) is 6.54 Å². The topological polar surface area (TPSA) is 88.3 Å². The molecule has 18 heavy (non-hydrogen) atoms. The standard InChI is InChI=1S/C11H18N4O3/c1-11(2,3)7-14(4)10(18)8-5-15(13-12-8)6-9(16)17/h5H,6-7H2,1-4H3,(H,16,17). The van der Waals surface area contributed by atoms with Crippen LogP contribution in [-0.4, -0.2) is 50.5 Å². The number of nitrogens with zero attached hydrogens (tertiary/aromatic N) is 4. The number of aromatic nitrogens is 3. The Bertz CT molecular complexity index is 447. The average molecular weight is 254 g/mol. The Balaban J connectivity index is 2.72. The summed E-state index contributed by atoms with van der Waals surface area (Å²) in [6.07, 6.45) is 1.34. The number of hydrogen-bond donors (Lipinski definition) is 1. The highest BCUT2D eigenvalue weighted by Crippen LogP contribution is 2.15. The molecule has 0 spiro atoms. The van der Waals surface area contributed by atoms with E-state index < -0.39 is 5.97 Å². The smallest absolute Gasteiger partial charge is 0.325 e. The molecule has 1 N–H and O–H groups in total. The lowest BCUT2D eigenvalue weighted by Crippen LogP contribution is -2.34. The first-order valence-corrected chi connectivity index (χ1v) is 5.56. The largest absolute Gasteiger partial charge is 0.480 e. The van der Waals surface area contributed by atoms with E-state index in [4.69, 9.17) is 5.11 Å². The third-order valence-corrected chi connectivity index (χ3v) is 2.11. The van der Waals surface area contributed by atoms with Gasteiger partial charge in [0.05, 0.1) is 6.20 Å². The maximum atomic E-state index is 12.0. The third-order valence-electron chi connectivity index (χ3n) is 2.11. The van der Waals surface area contributed by atoms with Gasteiger partial charge in [0.15, 0.2) is 5.69 Å². The zero-order valence-corrected chi connectivity index (χ0v) is 11.0. The molecule has 1 aromatic rings. The van der Waals surface area contributed by atoms with Crippen LogP contribution < -0.4 is 0 Å². The number of amides is 1. The molecule has 0 unspecified atom stereocenters. The van der Waals surface area contributed by atoms with E-state index in [0.29, 0.717) is 6.54 Å². The minimum Gasteiger partial charge on any atom is -0.480 e. The summed E-state index contributed by atoms with van der Waals surface area (Å²) < 4.78 is 1.13. The molecule has 1 heterocycles. The van der Waals surface area contributed by atoms with Crippen LogP contribution in [0.25, 0.3) is 0 Å². The molecular formula is C11H18N4O3. The second-order valence-corrected chi connectivity index (χ2v) is 5.42. The van der Waals surface area contributed by atoms with Gasteiger partial charge in [-0.05, 0) is 5.41 Å². The van der Waals surface area contributed by atoms with Crippen LogP contribution in [0, 0.1) is 5.41 Å². The van der Waals surface area contributed by atoms with E-state index in [0.717, 1.165) is 4.68 Å². The Morgan fingerprint density at radius 2 is 2.06 bits per heavy atom. The highest BCUT2D eigenvalue weighted by molar-refractivity contribution is 5.91. The van der Waals surface area contributed by atoms with Crippen LogP contribution in [-0.2, 0) is 11.3 Å². The van der Waals surface area contributed by atoms with E-state index in [1.165, 1.54) is 6.20 Å². The van der Waals surface area contributed by atoms with Crippen molar-refractivity contribution in [2.45, 2.75) is 27.3 Å². The van der Waals surface area contributed by atoms with Gasteiger partial charge < -0.3 is 10.0 Å². The van der Waals surface area contributed by atoms with Crippen molar-refractivity contribution in [3.05, 3.63) is 11.9 Å². The Hall–Kier alpha value is -1.92. The summed E-state index contributed by atoms with van der Waals surface area (Å²) in [7, 11) is 1.68. The van der Waals surface area contributed by atoms with Gasteiger partial charge in [-0.2, -0.15) is 0 Å². The normalized spacial score (nSPS) is 11.3. The molecule has 0 aliphatic carbocycles. The Kier molecular flexibility index (Phi) is 4.05. The second-order valence-electron chi connectivity index (χ2n) is 5.42. The fourth-order valence-corrected chi connectivity index (χ4v) is 1.59. The van der Waals surface area contributed by atoms with Crippen LogP contribution in [0.2, 0.25) is 0 Å². The third kappa shape index (κ3) is 4.15. The number of carboxylic acids is 1. The molecule has 0 aliphatic heterocycles. The minimum absolute atomic E-state index is 0.0124. The lowest BCUT2D eigenvalue weighted by molar-refractivity contribution is -0.137. The van der Waals surface area contributed by atoms with Gasteiger partial charge in [-0.3, -0.25) is 9.59 Å². The van der Waals surface area contributed by atoms with Crippen molar-refractivity contribution < 1.29 is 14.7 Å². The average Bonchev–Trinajstić information content (AvgIpc) is 2.61. The lowest BCUT2D eigenvalue weighted by Gasteiger charge is -2.25. The number of carbonyl (C=O) groups excluding carboxylic acids is 1. The van der Waals surface area contributed by atoms with Gasteiger partial charge in [-0.15, -0.1) is 5.10 Å². The molecule has 0 aliphatic rings. The zero-order chi connectivity index (χ0) is 13.9. The molecule has 1 aromatic heterocycles. The predicted octanol–water partition coefficient (Wildman–Crippen LogP) is 0.481. The molecule has 1 amide bonds. The predicted molar refractivity (Wildman–Crippen MR) is 64.1 cm³/mol. The maximum absolute atomic E-state index is 12.0. The molecule has 0 fully saturated rings. The molecule has 0 saturated carbocycles. The fraction of sp³-hybridized carbons (Fsp3) is 0.636. The van der Waals surface area contributed by atoms with Crippen LogP contribution >= 0.6 is 0 Å². The van der Waals surface area contributed by atoms with Crippen molar-refractivity contribution in [1.82, 2.24) is 19.9 Å². The molecule has 1 rings (SSSR count). The molecule has 0 radical (unpaired) electrons. The quantitative estimate of drug-likeness (QED) is 0.844. The lowest BCUT2D eigenvalue weighted by atomic mass is 9.96. The van der Waals surface area contributed by atoms with Gasteiger partial charge in [0.25, 0.3) is 5.91 Å². The molecular weight excluding hydrogens is 236 g/mol. The number of aliphatic carboxylic acids is 1. The second kappa shape index (κ2) is 5.16. The molecule has 7 heteroatoms.